The fourth-order valence-corrected chi connectivity index (χ4v) is 2.78. The van der Waals surface area contributed by atoms with Crippen LogP contribution in [0.3, 0.4) is 0 Å². The lowest BCUT2D eigenvalue weighted by Gasteiger charge is -2.33. The highest BCUT2D eigenvalue weighted by Gasteiger charge is 2.26. The Morgan fingerprint density at radius 2 is 1.81 bits per heavy atom. The highest BCUT2D eigenvalue weighted by molar-refractivity contribution is 9.10. The van der Waals surface area contributed by atoms with Gasteiger partial charge in [-0.1, -0.05) is 50.5 Å². The number of carbonyl (C=O) groups is 1. The first-order valence-corrected chi connectivity index (χ1v) is 8.57. The lowest BCUT2D eigenvalue weighted by Crippen LogP contribution is -2.41. The van der Waals surface area contributed by atoms with Gasteiger partial charge < -0.3 is 4.90 Å². The summed E-state index contributed by atoms with van der Waals surface area (Å²) in [4.78, 5) is 14.8. The number of amides is 1. The van der Waals surface area contributed by atoms with Crippen LogP contribution >= 0.6 is 15.9 Å². The number of carbonyl (C=O) groups excluding carboxylic acids is 1. The van der Waals surface area contributed by atoms with Crippen molar-refractivity contribution in [1.29, 1.82) is 0 Å². The van der Waals surface area contributed by atoms with Crippen molar-refractivity contribution in [3.05, 3.63) is 28.2 Å². The molecule has 1 rings (SSSR count). The van der Waals surface area contributed by atoms with Crippen molar-refractivity contribution in [2.24, 2.45) is 5.41 Å². The fourth-order valence-electron chi connectivity index (χ4n) is 2.53. The van der Waals surface area contributed by atoms with Crippen LogP contribution in [0.1, 0.15) is 59.4 Å². The van der Waals surface area contributed by atoms with Crippen LogP contribution in [0, 0.1) is 12.3 Å². The summed E-state index contributed by atoms with van der Waals surface area (Å²) in [6, 6.07) is 6.43. The van der Waals surface area contributed by atoms with E-state index in [1.54, 1.807) is 0 Å². The van der Waals surface area contributed by atoms with Gasteiger partial charge in [-0.2, -0.15) is 0 Å². The highest BCUT2D eigenvalue weighted by atomic mass is 79.9. The van der Waals surface area contributed by atoms with Crippen LogP contribution in [0.2, 0.25) is 0 Å². The van der Waals surface area contributed by atoms with Crippen molar-refractivity contribution >= 4 is 27.5 Å². The molecule has 0 fully saturated rings. The van der Waals surface area contributed by atoms with Gasteiger partial charge in [-0.25, -0.2) is 0 Å². The van der Waals surface area contributed by atoms with E-state index in [1.165, 1.54) is 0 Å². The van der Waals surface area contributed by atoms with Gasteiger partial charge in [-0.05, 0) is 48.9 Å². The van der Waals surface area contributed by atoms with Crippen LogP contribution < -0.4 is 4.90 Å². The second kappa shape index (κ2) is 7.44. The minimum atomic E-state index is 0.00573. The van der Waals surface area contributed by atoms with Crippen molar-refractivity contribution in [2.45, 2.75) is 66.8 Å². The van der Waals surface area contributed by atoms with E-state index < -0.39 is 0 Å². The molecule has 0 aliphatic carbocycles. The van der Waals surface area contributed by atoms with Gasteiger partial charge in [0, 0.05) is 22.6 Å². The largest absolute Gasteiger partial charge is 0.309 e. The summed E-state index contributed by atoms with van der Waals surface area (Å²) in [6.07, 6.45) is 2.52. The molecule has 0 saturated heterocycles. The first-order valence-electron chi connectivity index (χ1n) is 7.77. The van der Waals surface area contributed by atoms with E-state index in [4.69, 9.17) is 0 Å². The predicted molar refractivity (Wildman–Crippen MR) is 94.8 cm³/mol. The van der Waals surface area contributed by atoms with Crippen LogP contribution in [0.4, 0.5) is 5.69 Å². The molecular formula is C18H28BrNO. The molecule has 0 N–H and O–H groups in total. The summed E-state index contributed by atoms with van der Waals surface area (Å²) in [5.41, 5.74) is 2.18. The normalized spacial score (nSPS) is 11.8. The summed E-state index contributed by atoms with van der Waals surface area (Å²) in [5, 5.41) is 0. The number of hydrogen-bond donors (Lipinski definition) is 0. The first-order chi connectivity index (χ1) is 9.69. The lowest BCUT2D eigenvalue weighted by atomic mass is 9.91. The summed E-state index contributed by atoms with van der Waals surface area (Å²) in [6.45, 7) is 12.7. The van der Waals surface area contributed by atoms with Crippen molar-refractivity contribution in [3.63, 3.8) is 0 Å². The topological polar surface area (TPSA) is 20.3 Å². The van der Waals surface area contributed by atoms with Crippen LogP contribution in [-0.2, 0) is 4.79 Å². The zero-order valence-corrected chi connectivity index (χ0v) is 15.8. The van der Waals surface area contributed by atoms with Crippen molar-refractivity contribution in [1.82, 2.24) is 0 Å². The predicted octanol–water partition coefficient (Wildman–Crippen LogP) is 5.72. The number of benzene rings is 1. The van der Waals surface area contributed by atoms with Crippen molar-refractivity contribution < 1.29 is 4.79 Å². The van der Waals surface area contributed by atoms with Gasteiger partial charge in [-0.15, -0.1) is 0 Å². The van der Waals surface area contributed by atoms with Crippen LogP contribution in [0.15, 0.2) is 22.7 Å². The summed E-state index contributed by atoms with van der Waals surface area (Å²) in [5.74, 6) is 0.220. The number of anilines is 1. The van der Waals surface area contributed by atoms with Crippen LogP contribution in [0.5, 0.6) is 0 Å². The minimum Gasteiger partial charge on any atom is -0.309 e. The summed E-state index contributed by atoms with van der Waals surface area (Å²) < 4.78 is 1.08. The fraction of sp³-hybridized carbons (Fsp3) is 0.611. The number of aryl methyl sites for hydroxylation is 1. The maximum absolute atomic E-state index is 12.8. The molecule has 0 aliphatic heterocycles. The third kappa shape index (κ3) is 5.14. The van der Waals surface area contributed by atoms with Gasteiger partial charge in [0.15, 0.2) is 0 Å². The third-order valence-electron chi connectivity index (χ3n) is 3.68. The number of halogens is 1. The number of rotatable bonds is 5. The molecule has 0 spiro atoms. The molecule has 0 saturated carbocycles. The molecule has 3 heteroatoms. The molecule has 21 heavy (non-hydrogen) atoms. The Labute approximate surface area is 138 Å². The van der Waals surface area contributed by atoms with Gasteiger partial charge in [0.2, 0.25) is 5.91 Å². The molecule has 1 aromatic rings. The molecule has 0 aromatic heterocycles. The van der Waals surface area contributed by atoms with Gasteiger partial charge in [0.25, 0.3) is 0 Å². The number of nitrogens with zero attached hydrogens (tertiary/aromatic N) is 1. The molecular weight excluding hydrogens is 326 g/mol. The van der Waals surface area contributed by atoms with Crippen molar-refractivity contribution in [3.8, 4) is 0 Å². The average molecular weight is 354 g/mol. The highest BCUT2D eigenvalue weighted by Crippen LogP contribution is 2.29. The molecule has 0 aliphatic rings. The van der Waals surface area contributed by atoms with E-state index in [2.05, 4.69) is 63.5 Å². The zero-order chi connectivity index (χ0) is 16.2. The Kier molecular flexibility index (Phi) is 6.45. The summed E-state index contributed by atoms with van der Waals surface area (Å²) in [7, 11) is 0. The Balaban J connectivity index is 3.18. The van der Waals surface area contributed by atoms with E-state index in [1.807, 2.05) is 17.0 Å². The van der Waals surface area contributed by atoms with Gasteiger partial charge in [0.05, 0.1) is 0 Å². The van der Waals surface area contributed by atoms with Gasteiger partial charge in [-0.3, -0.25) is 4.79 Å². The Hall–Kier alpha value is -0.830. The molecule has 118 valence electrons. The van der Waals surface area contributed by atoms with E-state index in [0.29, 0.717) is 6.42 Å². The molecule has 2 nitrogen and oxygen atoms in total. The van der Waals surface area contributed by atoms with E-state index >= 15 is 0 Å². The van der Waals surface area contributed by atoms with E-state index in [-0.39, 0.29) is 17.4 Å². The maximum Gasteiger partial charge on any atom is 0.227 e. The summed E-state index contributed by atoms with van der Waals surface area (Å²) >= 11 is 3.53. The van der Waals surface area contributed by atoms with Crippen molar-refractivity contribution in [2.75, 3.05) is 4.90 Å². The van der Waals surface area contributed by atoms with Gasteiger partial charge >= 0.3 is 0 Å². The van der Waals surface area contributed by atoms with Gasteiger partial charge in [0.1, 0.15) is 0 Å². The van der Waals surface area contributed by atoms with Crippen LogP contribution in [-0.4, -0.2) is 11.9 Å². The Morgan fingerprint density at radius 3 is 2.24 bits per heavy atom. The molecule has 0 heterocycles. The molecule has 0 radical (unpaired) electrons. The van der Waals surface area contributed by atoms with Crippen LogP contribution in [0.25, 0.3) is 0 Å². The smallest absolute Gasteiger partial charge is 0.227 e. The minimum absolute atomic E-state index is 0.00573. The standard InChI is InChI=1S/C18H28BrNO/c1-7-14(8-2)20(17(21)12-18(4,5)6)15-9-10-16(19)13(3)11-15/h9-11,14H,7-8,12H2,1-6H3. The molecule has 0 atom stereocenters. The zero-order valence-electron chi connectivity index (χ0n) is 14.2. The third-order valence-corrected chi connectivity index (χ3v) is 4.57. The lowest BCUT2D eigenvalue weighted by molar-refractivity contribution is -0.120. The molecule has 1 aromatic carbocycles. The first kappa shape index (κ1) is 18.2. The SMILES string of the molecule is CCC(CC)N(C(=O)CC(C)(C)C)c1ccc(Br)c(C)c1. The Bertz CT molecular complexity index is 486. The average Bonchev–Trinajstić information content (AvgIpc) is 2.37. The maximum atomic E-state index is 12.8. The quantitative estimate of drug-likeness (QED) is 0.663. The van der Waals surface area contributed by atoms with E-state index in [9.17, 15) is 4.79 Å². The second-order valence-electron chi connectivity index (χ2n) is 6.90. The van der Waals surface area contributed by atoms with E-state index in [0.717, 1.165) is 28.6 Å². The molecule has 0 unspecified atom stereocenters. The molecule has 0 bridgehead atoms. The second-order valence-corrected chi connectivity index (χ2v) is 7.76. The Morgan fingerprint density at radius 1 is 1.24 bits per heavy atom. The number of hydrogen-bond acceptors (Lipinski definition) is 1. The monoisotopic (exact) mass is 353 g/mol. The molecule has 1 amide bonds.